The van der Waals surface area contributed by atoms with Crippen molar-refractivity contribution in [1.82, 2.24) is 14.6 Å². The number of carbonyl (C=O) groups is 2. The number of fused-ring (bicyclic) bond motifs is 1. The van der Waals surface area contributed by atoms with E-state index in [0.29, 0.717) is 28.5 Å². The monoisotopic (exact) mass is 462 g/mol. The van der Waals surface area contributed by atoms with Crippen LogP contribution in [0.2, 0.25) is 0 Å². The maximum atomic E-state index is 12.9. The van der Waals surface area contributed by atoms with Crippen LogP contribution in [0.4, 0.5) is 5.69 Å². The summed E-state index contributed by atoms with van der Waals surface area (Å²) in [4.78, 5) is 29.1. The summed E-state index contributed by atoms with van der Waals surface area (Å²) in [6.45, 7) is 0. The molecule has 0 aliphatic carbocycles. The fourth-order valence-corrected chi connectivity index (χ4v) is 3.46. The van der Waals surface area contributed by atoms with Gasteiger partial charge in [0.05, 0.1) is 34.1 Å². The first-order valence-electron chi connectivity index (χ1n) is 10.1. The van der Waals surface area contributed by atoms with Crippen LogP contribution in [0.5, 0.6) is 17.2 Å². The SMILES string of the molecule is COC(=O)c1ccc(NC(=O)c2cc3nccc(-c4ccc(OC)c(OC)c4)n3n2)cc1OC. The number of nitrogens with one attached hydrogen (secondary N) is 1. The van der Waals surface area contributed by atoms with Gasteiger partial charge in [-0.2, -0.15) is 5.10 Å². The third kappa shape index (κ3) is 4.20. The van der Waals surface area contributed by atoms with Crippen LogP contribution in [0.1, 0.15) is 20.8 Å². The molecule has 1 amide bonds. The van der Waals surface area contributed by atoms with E-state index >= 15 is 0 Å². The van der Waals surface area contributed by atoms with E-state index in [1.165, 1.54) is 26.4 Å². The maximum absolute atomic E-state index is 12.9. The van der Waals surface area contributed by atoms with Crippen LogP contribution in [-0.2, 0) is 4.74 Å². The Hall–Kier alpha value is -4.60. The van der Waals surface area contributed by atoms with E-state index in [9.17, 15) is 9.59 Å². The Bertz CT molecular complexity index is 1380. The van der Waals surface area contributed by atoms with E-state index in [1.54, 1.807) is 49.2 Å². The highest BCUT2D eigenvalue weighted by Gasteiger charge is 2.18. The predicted molar refractivity (Wildman–Crippen MR) is 124 cm³/mol. The minimum atomic E-state index is -0.538. The van der Waals surface area contributed by atoms with Crippen molar-refractivity contribution in [3.05, 3.63) is 66.0 Å². The molecule has 10 nitrogen and oxygen atoms in total. The van der Waals surface area contributed by atoms with Gasteiger partial charge in [-0.25, -0.2) is 14.3 Å². The van der Waals surface area contributed by atoms with E-state index in [-0.39, 0.29) is 17.0 Å². The van der Waals surface area contributed by atoms with Crippen LogP contribution in [0, 0.1) is 0 Å². The molecule has 0 bridgehead atoms. The molecule has 2 aromatic carbocycles. The van der Waals surface area contributed by atoms with Crippen LogP contribution in [0.25, 0.3) is 16.9 Å². The van der Waals surface area contributed by atoms with Gasteiger partial charge in [0, 0.05) is 29.6 Å². The van der Waals surface area contributed by atoms with Gasteiger partial charge in [-0.15, -0.1) is 0 Å². The second-order valence-corrected chi connectivity index (χ2v) is 7.06. The smallest absolute Gasteiger partial charge is 0.341 e. The molecule has 0 aliphatic rings. The summed E-state index contributed by atoms with van der Waals surface area (Å²) in [6.07, 6.45) is 1.64. The first-order chi connectivity index (χ1) is 16.5. The molecule has 2 aromatic heterocycles. The zero-order valence-corrected chi connectivity index (χ0v) is 19.0. The first kappa shape index (κ1) is 22.6. The highest BCUT2D eigenvalue weighted by atomic mass is 16.5. The van der Waals surface area contributed by atoms with Gasteiger partial charge < -0.3 is 24.3 Å². The number of aromatic nitrogens is 3. The Kier molecular flexibility index (Phi) is 6.30. The third-order valence-corrected chi connectivity index (χ3v) is 5.13. The molecule has 4 aromatic rings. The quantitative estimate of drug-likeness (QED) is 0.416. The van der Waals surface area contributed by atoms with Gasteiger partial charge in [0.1, 0.15) is 11.3 Å². The summed E-state index contributed by atoms with van der Waals surface area (Å²) in [6, 6.07) is 13.5. The van der Waals surface area contributed by atoms with Gasteiger partial charge in [0.25, 0.3) is 5.91 Å². The Labute approximate surface area is 195 Å². The molecule has 1 N–H and O–H groups in total. The van der Waals surface area contributed by atoms with E-state index < -0.39 is 11.9 Å². The molecule has 0 fully saturated rings. The number of esters is 1. The molecule has 0 saturated heterocycles. The van der Waals surface area contributed by atoms with Gasteiger partial charge in [-0.05, 0) is 36.4 Å². The van der Waals surface area contributed by atoms with Gasteiger partial charge in [-0.1, -0.05) is 0 Å². The average molecular weight is 462 g/mol. The standard InChI is InChI=1S/C24H22N4O6/c1-31-19-8-5-14(11-21(19)33-3)18-9-10-25-22-13-17(27-28(18)22)23(29)26-15-6-7-16(24(30)34-4)20(12-15)32-2/h5-13H,1-4H3,(H,26,29). The van der Waals surface area contributed by atoms with Crippen molar-refractivity contribution in [1.29, 1.82) is 0 Å². The Morgan fingerprint density at radius 3 is 2.32 bits per heavy atom. The summed E-state index contributed by atoms with van der Waals surface area (Å²) in [7, 11) is 5.84. The number of methoxy groups -OCH3 is 4. The summed E-state index contributed by atoms with van der Waals surface area (Å²) in [5.74, 6) is 0.461. The summed E-state index contributed by atoms with van der Waals surface area (Å²) in [5, 5.41) is 7.21. The van der Waals surface area contributed by atoms with Crippen molar-refractivity contribution in [2.75, 3.05) is 33.8 Å². The van der Waals surface area contributed by atoms with Crippen LogP contribution in [-0.4, -0.2) is 54.9 Å². The molecular weight excluding hydrogens is 440 g/mol. The number of amides is 1. The van der Waals surface area contributed by atoms with Crippen molar-refractivity contribution in [3.63, 3.8) is 0 Å². The number of carbonyl (C=O) groups excluding carboxylic acids is 2. The van der Waals surface area contributed by atoms with Crippen molar-refractivity contribution in [3.8, 4) is 28.5 Å². The molecule has 0 aliphatic heterocycles. The fraction of sp³-hybridized carbons (Fsp3) is 0.167. The highest BCUT2D eigenvalue weighted by molar-refractivity contribution is 6.04. The maximum Gasteiger partial charge on any atom is 0.341 e. The summed E-state index contributed by atoms with van der Waals surface area (Å²) in [5.41, 5.74) is 2.86. The molecule has 0 spiro atoms. The van der Waals surface area contributed by atoms with Crippen molar-refractivity contribution < 1.29 is 28.5 Å². The van der Waals surface area contributed by atoms with Gasteiger partial charge in [0.2, 0.25) is 0 Å². The molecule has 0 atom stereocenters. The lowest BCUT2D eigenvalue weighted by atomic mass is 10.1. The first-order valence-corrected chi connectivity index (χ1v) is 10.1. The Balaban J connectivity index is 1.65. The zero-order chi connectivity index (χ0) is 24.2. The van der Waals surface area contributed by atoms with E-state index in [2.05, 4.69) is 15.4 Å². The molecule has 2 heterocycles. The van der Waals surface area contributed by atoms with Crippen molar-refractivity contribution in [2.24, 2.45) is 0 Å². The predicted octanol–water partition coefficient (Wildman–Crippen LogP) is 3.46. The molecule has 4 rings (SSSR count). The Morgan fingerprint density at radius 1 is 0.853 bits per heavy atom. The lowest BCUT2D eigenvalue weighted by molar-refractivity contribution is 0.0597. The van der Waals surface area contributed by atoms with E-state index in [0.717, 1.165) is 5.56 Å². The summed E-state index contributed by atoms with van der Waals surface area (Å²) >= 11 is 0. The molecular formula is C24H22N4O6. The van der Waals surface area contributed by atoms with E-state index in [1.807, 2.05) is 12.1 Å². The molecule has 10 heteroatoms. The number of anilines is 1. The number of benzene rings is 2. The number of hydrogen-bond donors (Lipinski definition) is 1. The van der Waals surface area contributed by atoms with E-state index in [4.69, 9.17) is 18.9 Å². The fourth-order valence-electron chi connectivity index (χ4n) is 3.46. The van der Waals surface area contributed by atoms with Gasteiger partial charge >= 0.3 is 5.97 Å². The molecule has 0 saturated carbocycles. The normalized spacial score (nSPS) is 10.6. The number of hydrogen-bond acceptors (Lipinski definition) is 8. The van der Waals surface area contributed by atoms with Crippen LogP contribution >= 0.6 is 0 Å². The lowest BCUT2D eigenvalue weighted by Crippen LogP contribution is -2.13. The highest BCUT2D eigenvalue weighted by Crippen LogP contribution is 2.32. The molecule has 34 heavy (non-hydrogen) atoms. The summed E-state index contributed by atoms with van der Waals surface area (Å²) < 4.78 is 22.3. The van der Waals surface area contributed by atoms with Crippen LogP contribution < -0.4 is 19.5 Å². The van der Waals surface area contributed by atoms with Crippen LogP contribution in [0.3, 0.4) is 0 Å². The zero-order valence-electron chi connectivity index (χ0n) is 19.0. The lowest BCUT2D eigenvalue weighted by Gasteiger charge is -2.10. The topological polar surface area (TPSA) is 113 Å². The van der Waals surface area contributed by atoms with Crippen molar-refractivity contribution >= 4 is 23.2 Å². The number of ether oxygens (including phenoxy) is 4. The third-order valence-electron chi connectivity index (χ3n) is 5.13. The Morgan fingerprint density at radius 2 is 1.62 bits per heavy atom. The van der Waals surface area contributed by atoms with Gasteiger partial charge in [0.15, 0.2) is 22.8 Å². The number of rotatable bonds is 7. The molecule has 174 valence electrons. The van der Waals surface area contributed by atoms with Gasteiger partial charge in [-0.3, -0.25) is 4.79 Å². The molecule has 0 radical (unpaired) electrons. The molecule has 0 unspecified atom stereocenters. The van der Waals surface area contributed by atoms with Crippen molar-refractivity contribution in [2.45, 2.75) is 0 Å². The average Bonchev–Trinajstić information content (AvgIpc) is 3.32. The number of nitrogens with zero attached hydrogens (tertiary/aromatic N) is 3. The second kappa shape index (κ2) is 9.49. The minimum absolute atomic E-state index is 0.163. The van der Waals surface area contributed by atoms with Crippen LogP contribution in [0.15, 0.2) is 54.7 Å². The second-order valence-electron chi connectivity index (χ2n) is 7.06. The largest absolute Gasteiger partial charge is 0.496 e. The minimum Gasteiger partial charge on any atom is -0.496 e.